The molecule has 2 aromatic rings. The Labute approximate surface area is 194 Å². The zero-order chi connectivity index (χ0) is 25.4. The number of carboxylic acids is 1. The van der Waals surface area contributed by atoms with Crippen LogP contribution < -0.4 is 10.6 Å². The molecule has 17 nitrogen and oxygen atoms in total. The van der Waals surface area contributed by atoms with Gasteiger partial charge in [-0.1, -0.05) is 0 Å². The second kappa shape index (κ2) is 9.98. The lowest BCUT2D eigenvalue weighted by Gasteiger charge is -2.18. The standard InChI is InChI=1S/C15H21N6O11PS/c1-4(22)6(13(25)26)17-14(27)18-10-7-11(20-15(34)19-10)21(3-16-7)12-9(24)8(23)5(32-12)2-31-33(28,29)30/h3-6,8-9,12,22-24H,2H2,1H3,(H,25,26)(H2,28,29,30)(H3,17,18,19,20,27,34)/t4-,5-,6+,8-,9-,12-/m1/s1. The molecule has 1 aliphatic heterocycles. The van der Waals surface area contributed by atoms with Gasteiger partial charge in [-0.3, -0.25) is 14.4 Å². The van der Waals surface area contributed by atoms with Gasteiger partial charge in [-0.15, -0.1) is 0 Å². The van der Waals surface area contributed by atoms with Gasteiger partial charge in [-0.05, 0) is 19.1 Å². The minimum Gasteiger partial charge on any atom is -0.480 e. The van der Waals surface area contributed by atoms with Crippen LogP contribution in [0.25, 0.3) is 11.2 Å². The molecular formula is C15H21N6O11PS. The summed E-state index contributed by atoms with van der Waals surface area (Å²) in [6.45, 7) is 0.457. The van der Waals surface area contributed by atoms with Crippen LogP contribution in [0.4, 0.5) is 10.6 Å². The van der Waals surface area contributed by atoms with Gasteiger partial charge in [-0.25, -0.2) is 19.1 Å². The Morgan fingerprint density at radius 3 is 2.65 bits per heavy atom. The van der Waals surface area contributed by atoms with Gasteiger partial charge < -0.3 is 45.3 Å². The second-order valence-electron chi connectivity index (χ2n) is 7.23. The molecule has 6 atom stereocenters. The SMILES string of the molecule is C[C@@H](O)[C@H](NC(=O)Nc1[nH]c(=S)nc2c1ncn2[C@@H]1O[C@H](COP(=O)(O)O)[C@@H](O)[C@H]1O)C(=O)O. The molecule has 0 spiro atoms. The van der Waals surface area contributed by atoms with Crippen molar-refractivity contribution in [2.24, 2.45) is 0 Å². The molecule has 3 rings (SSSR count). The van der Waals surface area contributed by atoms with Crippen molar-refractivity contribution >= 4 is 49.0 Å². The van der Waals surface area contributed by atoms with Crippen molar-refractivity contribution in [3.8, 4) is 0 Å². The number of phosphoric acid groups is 1. The average molecular weight is 524 g/mol. The lowest BCUT2D eigenvalue weighted by atomic mass is 10.1. The van der Waals surface area contributed by atoms with E-state index >= 15 is 0 Å². The van der Waals surface area contributed by atoms with E-state index in [4.69, 9.17) is 31.8 Å². The number of aliphatic hydroxyl groups excluding tert-OH is 3. The zero-order valence-electron chi connectivity index (χ0n) is 17.2. The molecule has 0 unspecified atom stereocenters. The highest BCUT2D eigenvalue weighted by Crippen LogP contribution is 2.39. The van der Waals surface area contributed by atoms with Crippen molar-refractivity contribution in [3.05, 3.63) is 11.1 Å². The number of phosphoric ester groups is 1. The normalized spacial score (nSPS) is 24.6. The highest BCUT2D eigenvalue weighted by Gasteiger charge is 2.45. The number of aliphatic carboxylic acids is 1. The van der Waals surface area contributed by atoms with Gasteiger partial charge in [0.1, 0.15) is 29.6 Å². The Kier molecular flexibility index (Phi) is 7.65. The molecule has 2 amide bonds. The van der Waals surface area contributed by atoms with Gasteiger partial charge in [0.05, 0.1) is 19.0 Å². The summed E-state index contributed by atoms with van der Waals surface area (Å²) in [5, 5.41) is 43.5. The third-order valence-corrected chi connectivity index (χ3v) is 5.41. The maximum Gasteiger partial charge on any atom is 0.469 e. The number of H-pyrrole nitrogens is 1. The van der Waals surface area contributed by atoms with E-state index in [0.717, 1.165) is 6.33 Å². The fourth-order valence-corrected chi connectivity index (χ4v) is 3.69. The van der Waals surface area contributed by atoms with Crippen LogP contribution in [0.5, 0.6) is 0 Å². The topological polar surface area (TPSA) is 262 Å². The first-order valence-electron chi connectivity index (χ1n) is 9.45. The minimum absolute atomic E-state index is 0.00730. The molecule has 0 saturated carbocycles. The molecule has 9 N–H and O–H groups in total. The summed E-state index contributed by atoms with van der Waals surface area (Å²) in [7, 11) is -4.85. The zero-order valence-corrected chi connectivity index (χ0v) is 18.9. The van der Waals surface area contributed by atoms with Gasteiger partial charge in [0, 0.05) is 0 Å². The first-order valence-corrected chi connectivity index (χ1v) is 11.4. The number of rotatable bonds is 8. The van der Waals surface area contributed by atoms with E-state index in [1.165, 1.54) is 11.5 Å². The predicted molar refractivity (Wildman–Crippen MR) is 112 cm³/mol. The summed E-state index contributed by atoms with van der Waals surface area (Å²) in [6, 6.07) is -2.61. The van der Waals surface area contributed by atoms with Crippen LogP contribution in [0.2, 0.25) is 0 Å². The third kappa shape index (κ3) is 5.74. The van der Waals surface area contributed by atoms with Gasteiger partial charge in [0.15, 0.2) is 22.7 Å². The monoisotopic (exact) mass is 524 g/mol. The summed E-state index contributed by atoms with van der Waals surface area (Å²) < 4.78 is 21.7. The first kappa shape index (κ1) is 26.1. The second-order valence-corrected chi connectivity index (χ2v) is 8.85. The van der Waals surface area contributed by atoms with Crippen LogP contribution in [-0.2, 0) is 18.6 Å². The molecule has 0 radical (unpaired) electrons. The molecule has 0 aromatic carbocycles. The Balaban J connectivity index is 1.86. The van der Waals surface area contributed by atoms with Crippen molar-refractivity contribution in [2.75, 3.05) is 11.9 Å². The number of nitrogens with zero attached hydrogens (tertiary/aromatic N) is 3. The molecule has 188 valence electrons. The molecule has 1 fully saturated rings. The molecule has 1 aliphatic rings. The number of aromatic nitrogens is 4. The van der Waals surface area contributed by atoms with E-state index in [9.17, 15) is 29.5 Å². The summed E-state index contributed by atoms with van der Waals surface area (Å²) in [5.74, 6) is -1.57. The fourth-order valence-electron chi connectivity index (χ4n) is 3.16. The van der Waals surface area contributed by atoms with E-state index in [1.807, 2.05) is 0 Å². The van der Waals surface area contributed by atoms with Crippen molar-refractivity contribution in [1.82, 2.24) is 24.8 Å². The number of carboxylic acid groups (broad SMARTS) is 1. The summed E-state index contributed by atoms with van der Waals surface area (Å²) in [5.41, 5.74) is -0.00922. The number of carbonyl (C=O) groups excluding carboxylic acids is 1. The number of anilines is 1. The van der Waals surface area contributed by atoms with Crippen LogP contribution >= 0.6 is 20.0 Å². The van der Waals surface area contributed by atoms with Crippen molar-refractivity contribution in [3.63, 3.8) is 0 Å². The van der Waals surface area contributed by atoms with E-state index in [1.54, 1.807) is 0 Å². The highest BCUT2D eigenvalue weighted by molar-refractivity contribution is 7.71. The summed E-state index contributed by atoms with van der Waals surface area (Å²) in [6.07, 6.45) is -6.03. The van der Waals surface area contributed by atoms with Crippen LogP contribution in [0.3, 0.4) is 0 Å². The Morgan fingerprint density at radius 1 is 1.38 bits per heavy atom. The lowest BCUT2D eigenvalue weighted by molar-refractivity contribution is -0.141. The molecule has 2 aromatic heterocycles. The van der Waals surface area contributed by atoms with Crippen LogP contribution in [0.15, 0.2) is 6.33 Å². The van der Waals surface area contributed by atoms with Gasteiger partial charge >= 0.3 is 19.8 Å². The third-order valence-electron chi connectivity index (χ3n) is 4.74. The number of ether oxygens (including phenoxy) is 1. The van der Waals surface area contributed by atoms with Gasteiger partial charge in [0.2, 0.25) is 0 Å². The van der Waals surface area contributed by atoms with E-state index in [2.05, 4.69) is 30.1 Å². The van der Waals surface area contributed by atoms with Crippen molar-refractivity contribution < 1.29 is 53.6 Å². The number of hydrogen-bond donors (Lipinski definition) is 9. The smallest absolute Gasteiger partial charge is 0.469 e. The number of hydrogen-bond acceptors (Lipinski definition) is 11. The summed E-state index contributed by atoms with van der Waals surface area (Å²) >= 11 is 5.04. The van der Waals surface area contributed by atoms with Crippen LogP contribution in [0.1, 0.15) is 13.2 Å². The Morgan fingerprint density at radius 2 is 2.06 bits per heavy atom. The van der Waals surface area contributed by atoms with E-state index < -0.39 is 63.1 Å². The largest absolute Gasteiger partial charge is 0.480 e. The van der Waals surface area contributed by atoms with Crippen LogP contribution in [0, 0.1) is 4.77 Å². The number of carbonyl (C=O) groups is 2. The molecule has 0 bridgehead atoms. The first-order chi connectivity index (χ1) is 15.8. The maximum atomic E-state index is 12.3. The average Bonchev–Trinajstić information content (AvgIpc) is 3.25. The fraction of sp³-hybridized carbons (Fsp3) is 0.533. The lowest BCUT2D eigenvalue weighted by Crippen LogP contribution is -2.49. The quantitative estimate of drug-likeness (QED) is 0.136. The molecule has 34 heavy (non-hydrogen) atoms. The number of amides is 2. The number of aromatic amines is 1. The molecular weight excluding hydrogens is 503 g/mol. The highest BCUT2D eigenvalue weighted by atomic mass is 32.1. The van der Waals surface area contributed by atoms with E-state index in [-0.39, 0.29) is 21.8 Å². The number of imidazole rings is 1. The van der Waals surface area contributed by atoms with Crippen molar-refractivity contribution in [2.45, 2.75) is 43.6 Å². The van der Waals surface area contributed by atoms with Crippen molar-refractivity contribution in [1.29, 1.82) is 0 Å². The number of nitrogens with one attached hydrogen (secondary N) is 3. The Hall–Kier alpha value is -2.54. The Bertz CT molecular complexity index is 1180. The summed E-state index contributed by atoms with van der Waals surface area (Å²) in [4.78, 5) is 51.8. The number of fused-ring (bicyclic) bond motifs is 1. The van der Waals surface area contributed by atoms with Gasteiger partial charge in [0.25, 0.3) is 0 Å². The minimum atomic E-state index is -4.85. The number of aliphatic hydroxyl groups is 3. The molecule has 19 heteroatoms. The molecule has 1 saturated heterocycles. The van der Waals surface area contributed by atoms with Gasteiger partial charge in [-0.2, -0.15) is 4.98 Å². The number of urea groups is 1. The maximum absolute atomic E-state index is 12.3. The molecule has 3 heterocycles. The van der Waals surface area contributed by atoms with E-state index in [0.29, 0.717) is 0 Å². The molecule has 0 aliphatic carbocycles. The van der Waals surface area contributed by atoms with Crippen LogP contribution in [-0.4, -0.2) is 98.8 Å². The predicted octanol–water partition coefficient (Wildman–Crippen LogP) is -1.83.